The molecule has 0 bridgehead atoms. The fourth-order valence-electron chi connectivity index (χ4n) is 2.90. The van der Waals surface area contributed by atoms with Gasteiger partial charge in [0.15, 0.2) is 15.7 Å². The molecule has 0 radical (unpaired) electrons. The van der Waals surface area contributed by atoms with Gasteiger partial charge in [0.25, 0.3) is 0 Å². The Balaban J connectivity index is 1.51. The molecule has 1 fully saturated rings. The third-order valence-electron chi connectivity index (χ3n) is 4.31. The number of nitrogens with zero attached hydrogens (tertiary/aromatic N) is 3. The molecule has 1 aromatic carbocycles. The topological polar surface area (TPSA) is 79.0 Å². The number of hydrogen-bond acceptors (Lipinski definition) is 5. The number of aromatic amines is 1. The number of aromatic nitrogens is 3. The molecule has 1 saturated heterocycles. The number of hydrogen-bond donors (Lipinski definition) is 1. The van der Waals surface area contributed by atoms with Crippen LogP contribution in [0.3, 0.4) is 0 Å². The first-order chi connectivity index (χ1) is 11.0. The van der Waals surface area contributed by atoms with Gasteiger partial charge in [-0.1, -0.05) is 30.3 Å². The Bertz CT molecular complexity index is 742. The van der Waals surface area contributed by atoms with Crippen molar-refractivity contribution >= 4 is 9.84 Å². The van der Waals surface area contributed by atoms with E-state index < -0.39 is 9.84 Å². The zero-order chi connectivity index (χ0) is 16.3. The minimum absolute atomic E-state index is 0.128. The van der Waals surface area contributed by atoms with Gasteiger partial charge in [-0.2, -0.15) is 5.10 Å². The quantitative estimate of drug-likeness (QED) is 0.854. The summed E-state index contributed by atoms with van der Waals surface area (Å²) >= 11 is 0. The van der Waals surface area contributed by atoms with Gasteiger partial charge in [0.05, 0.1) is 11.5 Å². The van der Waals surface area contributed by atoms with E-state index in [9.17, 15) is 8.42 Å². The lowest BCUT2D eigenvalue weighted by atomic mass is 10.1. The van der Waals surface area contributed by atoms with E-state index in [1.165, 1.54) is 5.56 Å². The molecule has 7 heteroatoms. The van der Waals surface area contributed by atoms with Crippen molar-refractivity contribution in [1.29, 1.82) is 0 Å². The number of sulfone groups is 1. The van der Waals surface area contributed by atoms with Crippen LogP contribution in [-0.2, 0) is 22.7 Å². The Hall–Kier alpha value is -1.73. The first kappa shape index (κ1) is 16.1. The molecule has 0 amide bonds. The highest BCUT2D eigenvalue weighted by molar-refractivity contribution is 7.91. The summed E-state index contributed by atoms with van der Waals surface area (Å²) in [5.41, 5.74) is 1.20. The molecule has 23 heavy (non-hydrogen) atoms. The normalized spacial score (nSPS) is 20.2. The molecule has 1 aliphatic rings. The zero-order valence-electron chi connectivity index (χ0n) is 13.3. The van der Waals surface area contributed by atoms with Crippen molar-refractivity contribution in [3.8, 4) is 0 Å². The van der Waals surface area contributed by atoms with Gasteiger partial charge in [0.1, 0.15) is 5.82 Å². The van der Waals surface area contributed by atoms with E-state index in [1.54, 1.807) is 0 Å². The molecule has 0 saturated carbocycles. The second kappa shape index (κ2) is 6.80. The molecule has 2 heterocycles. The van der Waals surface area contributed by atoms with Crippen LogP contribution in [0, 0.1) is 0 Å². The van der Waals surface area contributed by atoms with E-state index in [4.69, 9.17) is 0 Å². The van der Waals surface area contributed by atoms with Crippen molar-refractivity contribution < 1.29 is 8.42 Å². The second-order valence-electron chi connectivity index (χ2n) is 6.15. The second-order valence-corrected chi connectivity index (χ2v) is 8.38. The molecule has 6 nitrogen and oxygen atoms in total. The maximum Gasteiger partial charge on any atom is 0.151 e. The minimum atomic E-state index is -2.83. The maximum atomic E-state index is 11.5. The van der Waals surface area contributed by atoms with Gasteiger partial charge in [0.2, 0.25) is 0 Å². The van der Waals surface area contributed by atoms with Gasteiger partial charge in [-0.15, -0.1) is 0 Å². The van der Waals surface area contributed by atoms with Gasteiger partial charge in [0, 0.05) is 25.4 Å². The Kier molecular flexibility index (Phi) is 4.77. The van der Waals surface area contributed by atoms with Crippen molar-refractivity contribution in [2.24, 2.45) is 0 Å². The summed E-state index contributed by atoms with van der Waals surface area (Å²) < 4.78 is 23.1. The van der Waals surface area contributed by atoms with Crippen LogP contribution in [0.5, 0.6) is 0 Å². The summed E-state index contributed by atoms with van der Waals surface area (Å²) in [6.45, 7) is 0.767. The number of nitrogens with one attached hydrogen (secondary N) is 1. The fraction of sp³-hybridized carbons (Fsp3) is 0.500. The van der Waals surface area contributed by atoms with E-state index in [0.717, 1.165) is 37.5 Å². The summed E-state index contributed by atoms with van der Waals surface area (Å²) in [5.74, 6) is 2.22. The molecule has 0 unspecified atom stereocenters. The highest BCUT2D eigenvalue weighted by Gasteiger charge is 2.30. The predicted octanol–water partition coefficient (Wildman–Crippen LogP) is 1.06. The van der Waals surface area contributed by atoms with Crippen molar-refractivity contribution in [3.63, 3.8) is 0 Å². The molecule has 1 atom stereocenters. The van der Waals surface area contributed by atoms with Crippen molar-refractivity contribution in [1.82, 2.24) is 20.1 Å². The Morgan fingerprint density at radius 3 is 2.78 bits per heavy atom. The number of likely N-dealkylation sites (N-methyl/N-ethyl adjacent to an activating group) is 1. The predicted molar refractivity (Wildman–Crippen MR) is 89.0 cm³/mol. The van der Waals surface area contributed by atoms with Crippen LogP contribution in [0.25, 0.3) is 0 Å². The molecular formula is C16H22N4O2S. The summed E-state index contributed by atoms with van der Waals surface area (Å²) in [6, 6.07) is 10.3. The van der Waals surface area contributed by atoms with Gasteiger partial charge in [-0.05, 0) is 19.0 Å². The van der Waals surface area contributed by atoms with Crippen LogP contribution in [0.2, 0.25) is 0 Å². The number of rotatable bonds is 6. The molecule has 1 aromatic heterocycles. The Morgan fingerprint density at radius 2 is 2.09 bits per heavy atom. The Labute approximate surface area is 136 Å². The highest BCUT2D eigenvalue weighted by Crippen LogP contribution is 2.16. The standard InChI is InChI=1S/C16H22N4O2S/c1-20(14-8-10-23(21,22)12-14)9-7-15-17-16(19-18-15)11-13-5-3-2-4-6-13/h2-6,14H,7-12H2,1H3,(H,17,18,19)/t14-/m0/s1. The maximum absolute atomic E-state index is 11.5. The van der Waals surface area contributed by atoms with Crippen LogP contribution in [0.1, 0.15) is 23.6 Å². The van der Waals surface area contributed by atoms with Crippen LogP contribution in [0.4, 0.5) is 0 Å². The summed E-state index contributed by atoms with van der Waals surface area (Å²) in [4.78, 5) is 6.63. The van der Waals surface area contributed by atoms with Crippen LogP contribution < -0.4 is 0 Å². The number of H-pyrrole nitrogens is 1. The lowest BCUT2D eigenvalue weighted by Gasteiger charge is -2.22. The van der Waals surface area contributed by atoms with Crippen LogP contribution in [-0.4, -0.2) is 59.6 Å². The van der Waals surface area contributed by atoms with E-state index in [1.807, 2.05) is 25.2 Å². The molecular weight excluding hydrogens is 312 g/mol. The van der Waals surface area contributed by atoms with E-state index >= 15 is 0 Å². The van der Waals surface area contributed by atoms with Crippen molar-refractivity contribution in [3.05, 3.63) is 47.5 Å². The third-order valence-corrected chi connectivity index (χ3v) is 6.06. The first-order valence-electron chi connectivity index (χ1n) is 7.86. The third kappa shape index (κ3) is 4.39. The lowest BCUT2D eigenvalue weighted by molar-refractivity contribution is 0.264. The van der Waals surface area contributed by atoms with E-state index in [0.29, 0.717) is 5.75 Å². The van der Waals surface area contributed by atoms with Crippen LogP contribution in [0.15, 0.2) is 30.3 Å². The minimum Gasteiger partial charge on any atom is -0.302 e. The van der Waals surface area contributed by atoms with Gasteiger partial charge >= 0.3 is 0 Å². The number of benzene rings is 1. The van der Waals surface area contributed by atoms with Crippen molar-refractivity contribution in [2.45, 2.75) is 25.3 Å². The first-order valence-corrected chi connectivity index (χ1v) is 9.69. The molecule has 0 spiro atoms. The van der Waals surface area contributed by atoms with Gasteiger partial charge in [-0.25, -0.2) is 13.4 Å². The Morgan fingerprint density at radius 1 is 1.30 bits per heavy atom. The highest BCUT2D eigenvalue weighted by atomic mass is 32.2. The largest absolute Gasteiger partial charge is 0.302 e. The van der Waals surface area contributed by atoms with E-state index in [-0.39, 0.29) is 11.8 Å². The summed E-state index contributed by atoms with van der Waals surface area (Å²) in [7, 11) is -0.858. The lowest BCUT2D eigenvalue weighted by Crippen LogP contribution is -2.34. The SMILES string of the molecule is CN(CCc1n[nH]c(Cc2ccccc2)n1)[C@H]1CCS(=O)(=O)C1. The molecule has 1 N–H and O–H groups in total. The summed E-state index contributed by atoms with van der Waals surface area (Å²) in [5, 5.41) is 7.24. The summed E-state index contributed by atoms with van der Waals surface area (Å²) in [6.07, 6.45) is 2.19. The average molecular weight is 334 g/mol. The zero-order valence-corrected chi connectivity index (χ0v) is 14.1. The molecule has 0 aliphatic carbocycles. The fourth-order valence-corrected chi connectivity index (χ4v) is 4.70. The molecule has 1 aliphatic heterocycles. The smallest absolute Gasteiger partial charge is 0.151 e. The average Bonchev–Trinajstić information content (AvgIpc) is 3.12. The van der Waals surface area contributed by atoms with Crippen LogP contribution >= 0.6 is 0 Å². The van der Waals surface area contributed by atoms with E-state index in [2.05, 4.69) is 32.2 Å². The molecule has 3 rings (SSSR count). The monoisotopic (exact) mass is 334 g/mol. The van der Waals surface area contributed by atoms with Gasteiger partial charge < -0.3 is 4.90 Å². The molecule has 2 aromatic rings. The molecule has 124 valence electrons. The van der Waals surface area contributed by atoms with Crippen molar-refractivity contribution in [2.75, 3.05) is 25.1 Å². The van der Waals surface area contributed by atoms with Gasteiger partial charge in [-0.3, -0.25) is 5.10 Å².